The minimum absolute atomic E-state index is 0.211. The molecule has 0 N–H and O–H groups in total. The van der Waals surface area contributed by atoms with E-state index in [1.807, 2.05) is 0 Å². The minimum Gasteiger partial charge on any atom is -0.466 e. The van der Waals surface area contributed by atoms with Gasteiger partial charge in [0.15, 0.2) is 0 Å². The van der Waals surface area contributed by atoms with Crippen LogP contribution in [0.4, 0.5) is 11.4 Å². The van der Waals surface area contributed by atoms with Crippen molar-refractivity contribution in [3.8, 4) is 0 Å². The summed E-state index contributed by atoms with van der Waals surface area (Å²) in [6.07, 6.45) is 0. The Kier molecular flexibility index (Phi) is 6.64. The standard InChI is InChI=1S/C6H4N2O4.C4H8O2/c9-7(10)5-3-1-2-4-6(5)8(11)12;1-3-6-4(2)5/h1-4H;3H2,1-2H3. The molecule has 8 nitrogen and oxygen atoms in total. The molecule has 0 saturated carbocycles. The van der Waals surface area contributed by atoms with Crippen LogP contribution in [-0.4, -0.2) is 22.4 Å². The predicted molar refractivity (Wildman–Crippen MR) is 62.1 cm³/mol. The lowest BCUT2D eigenvalue weighted by Gasteiger charge is -1.91. The van der Waals surface area contributed by atoms with Crippen molar-refractivity contribution in [2.45, 2.75) is 13.8 Å². The maximum absolute atomic E-state index is 10.2. The Morgan fingerprint density at radius 3 is 1.72 bits per heavy atom. The molecule has 0 aromatic heterocycles. The highest BCUT2D eigenvalue weighted by atomic mass is 16.6. The summed E-state index contributed by atoms with van der Waals surface area (Å²) < 4.78 is 4.40. The summed E-state index contributed by atoms with van der Waals surface area (Å²) in [4.78, 5) is 28.7. The van der Waals surface area contributed by atoms with E-state index < -0.39 is 21.2 Å². The highest BCUT2D eigenvalue weighted by Crippen LogP contribution is 2.24. The van der Waals surface area contributed by atoms with Crippen LogP contribution in [0.2, 0.25) is 0 Å². The zero-order chi connectivity index (χ0) is 14.1. The molecule has 1 aromatic rings. The van der Waals surface area contributed by atoms with Gasteiger partial charge in [-0.3, -0.25) is 25.0 Å². The third kappa shape index (κ3) is 5.54. The number of nitro groups is 2. The molecule has 0 spiro atoms. The SMILES string of the molecule is CCOC(C)=O.O=[N+]([O-])c1ccccc1[N+](=O)[O-]. The van der Waals surface area contributed by atoms with Crippen molar-refractivity contribution in [2.24, 2.45) is 0 Å². The normalized spacial score (nSPS) is 8.78. The maximum atomic E-state index is 10.2. The van der Waals surface area contributed by atoms with Gasteiger partial charge in [0.25, 0.3) is 0 Å². The molecule has 0 aliphatic heterocycles. The van der Waals surface area contributed by atoms with E-state index in [0.717, 1.165) is 12.1 Å². The van der Waals surface area contributed by atoms with E-state index in [1.54, 1.807) is 6.92 Å². The van der Waals surface area contributed by atoms with Gasteiger partial charge in [0, 0.05) is 19.1 Å². The van der Waals surface area contributed by atoms with Crippen molar-refractivity contribution in [1.29, 1.82) is 0 Å². The highest BCUT2D eigenvalue weighted by molar-refractivity contribution is 5.65. The van der Waals surface area contributed by atoms with E-state index in [9.17, 15) is 25.0 Å². The first kappa shape index (κ1) is 15.5. The van der Waals surface area contributed by atoms with Crippen LogP contribution in [-0.2, 0) is 9.53 Å². The lowest BCUT2D eigenvalue weighted by Crippen LogP contribution is -1.95. The van der Waals surface area contributed by atoms with E-state index in [2.05, 4.69) is 4.74 Å². The van der Waals surface area contributed by atoms with Crippen LogP contribution in [0, 0.1) is 20.2 Å². The summed E-state index contributed by atoms with van der Waals surface area (Å²) in [5.41, 5.74) is -0.968. The van der Waals surface area contributed by atoms with Gasteiger partial charge in [-0.1, -0.05) is 12.1 Å². The van der Waals surface area contributed by atoms with Gasteiger partial charge in [-0.25, -0.2) is 0 Å². The summed E-state index contributed by atoms with van der Waals surface area (Å²) in [6, 6.07) is 4.95. The fourth-order valence-corrected chi connectivity index (χ4v) is 0.976. The number of ether oxygens (including phenoxy) is 1. The molecule has 0 amide bonds. The van der Waals surface area contributed by atoms with Crippen molar-refractivity contribution in [3.63, 3.8) is 0 Å². The van der Waals surface area contributed by atoms with Gasteiger partial charge < -0.3 is 4.74 Å². The van der Waals surface area contributed by atoms with Crippen LogP contribution in [0.1, 0.15) is 13.8 Å². The first-order valence-corrected chi connectivity index (χ1v) is 4.91. The highest BCUT2D eigenvalue weighted by Gasteiger charge is 2.21. The second-order valence-electron chi connectivity index (χ2n) is 2.93. The van der Waals surface area contributed by atoms with Crippen molar-refractivity contribution < 1.29 is 19.4 Å². The van der Waals surface area contributed by atoms with E-state index >= 15 is 0 Å². The number of hydrogen-bond acceptors (Lipinski definition) is 6. The zero-order valence-corrected chi connectivity index (χ0v) is 9.86. The molecule has 0 bridgehead atoms. The van der Waals surface area contributed by atoms with Gasteiger partial charge in [-0.15, -0.1) is 0 Å². The van der Waals surface area contributed by atoms with Crippen LogP contribution in [0.15, 0.2) is 24.3 Å². The third-order valence-electron chi connectivity index (χ3n) is 1.62. The van der Waals surface area contributed by atoms with Crippen LogP contribution in [0.3, 0.4) is 0 Å². The molecule has 18 heavy (non-hydrogen) atoms. The number of hydrogen-bond donors (Lipinski definition) is 0. The molecule has 0 heterocycles. The maximum Gasteiger partial charge on any atom is 0.346 e. The lowest BCUT2D eigenvalue weighted by molar-refractivity contribution is -0.422. The molecular weight excluding hydrogens is 244 g/mol. The zero-order valence-electron chi connectivity index (χ0n) is 9.86. The molecule has 0 saturated heterocycles. The first-order chi connectivity index (χ1) is 8.40. The number of esters is 1. The molecule has 0 unspecified atom stereocenters. The number of benzene rings is 1. The number of nitro benzene ring substituents is 2. The van der Waals surface area contributed by atoms with Crippen LogP contribution in [0.25, 0.3) is 0 Å². The molecule has 0 aliphatic carbocycles. The Bertz CT molecular complexity index is 413. The number of carbonyl (C=O) groups is 1. The summed E-state index contributed by atoms with van der Waals surface area (Å²) >= 11 is 0. The number of para-hydroxylation sites is 2. The molecular formula is C10H12N2O6. The summed E-state index contributed by atoms with van der Waals surface area (Å²) in [7, 11) is 0. The monoisotopic (exact) mass is 256 g/mol. The molecule has 98 valence electrons. The molecule has 1 rings (SSSR count). The fraction of sp³-hybridized carbons (Fsp3) is 0.300. The van der Waals surface area contributed by atoms with Gasteiger partial charge in [0.1, 0.15) is 0 Å². The van der Waals surface area contributed by atoms with Gasteiger partial charge >= 0.3 is 17.3 Å². The molecule has 0 aliphatic rings. The second-order valence-corrected chi connectivity index (χ2v) is 2.93. The Morgan fingerprint density at radius 2 is 1.56 bits per heavy atom. The predicted octanol–water partition coefficient (Wildman–Crippen LogP) is 2.07. The second kappa shape index (κ2) is 7.71. The smallest absolute Gasteiger partial charge is 0.346 e. The van der Waals surface area contributed by atoms with Crippen LogP contribution >= 0.6 is 0 Å². The summed E-state index contributed by atoms with van der Waals surface area (Å²) in [5.74, 6) is -0.211. The van der Waals surface area contributed by atoms with Gasteiger partial charge in [-0.2, -0.15) is 0 Å². The quantitative estimate of drug-likeness (QED) is 0.464. The average Bonchev–Trinajstić information content (AvgIpc) is 2.29. The van der Waals surface area contributed by atoms with Crippen LogP contribution < -0.4 is 0 Å². The van der Waals surface area contributed by atoms with Crippen molar-refractivity contribution >= 4 is 17.3 Å². The molecule has 0 atom stereocenters. The number of carbonyl (C=O) groups excluding carboxylic acids is 1. The first-order valence-electron chi connectivity index (χ1n) is 4.91. The Balaban J connectivity index is 0.000000411. The van der Waals surface area contributed by atoms with Gasteiger partial charge in [0.2, 0.25) is 0 Å². The van der Waals surface area contributed by atoms with Gasteiger partial charge in [0.05, 0.1) is 16.5 Å². The number of rotatable bonds is 3. The van der Waals surface area contributed by atoms with Gasteiger partial charge in [-0.05, 0) is 6.92 Å². The lowest BCUT2D eigenvalue weighted by atomic mass is 10.3. The number of nitrogens with zero attached hydrogens (tertiary/aromatic N) is 2. The van der Waals surface area contributed by atoms with Crippen LogP contribution in [0.5, 0.6) is 0 Å². The largest absolute Gasteiger partial charge is 0.466 e. The Labute approximate surface area is 102 Å². The molecule has 0 fully saturated rings. The molecule has 8 heteroatoms. The van der Waals surface area contributed by atoms with Crippen molar-refractivity contribution in [3.05, 3.63) is 44.5 Å². The minimum atomic E-state index is -0.780. The van der Waals surface area contributed by atoms with E-state index in [-0.39, 0.29) is 5.97 Å². The van der Waals surface area contributed by atoms with E-state index in [4.69, 9.17) is 0 Å². The average molecular weight is 256 g/mol. The van der Waals surface area contributed by atoms with E-state index in [0.29, 0.717) is 6.61 Å². The molecule has 1 aromatic carbocycles. The third-order valence-corrected chi connectivity index (χ3v) is 1.62. The van der Waals surface area contributed by atoms with E-state index in [1.165, 1.54) is 19.1 Å². The summed E-state index contributed by atoms with van der Waals surface area (Å²) in [6.45, 7) is 3.65. The Hall–Kier alpha value is -2.51. The van der Waals surface area contributed by atoms with Crippen molar-refractivity contribution in [1.82, 2.24) is 0 Å². The van der Waals surface area contributed by atoms with Crippen molar-refractivity contribution in [2.75, 3.05) is 6.61 Å². The molecule has 0 radical (unpaired) electrons. The topological polar surface area (TPSA) is 113 Å². The fourth-order valence-electron chi connectivity index (χ4n) is 0.976. The summed E-state index contributed by atoms with van der Waals surface area (Å²) in [5, 5.41) is 20.5. The Morgan fingerprint density at radius 1 is 1.17 bits per heavy atom.